The molecule has 0 aromatic carbocycles. The van der Waals surface area contributed by atoms with Gasteiger partial charge in [0.05, 0.1) is 6.10 Å². The average Bonchev–Trinajstić information content (AvgIpc) is 2.30. The lowest BCUT2D eigenvalue weighted by atomic mass is 10.1. The van der Waals surface area contributed by atoms with Gasteiger partial charge < -0.3 is 15.1 Å². The second-order valence-electron chi connectivity index (χ2n) is 5.14. The van der Waals surface area contributed by atoms with Crippen LogP contribution in [-0.2, 0) is 0 Å². The van der Waals surface area contributed by atoms with Crippen molar-refractivity contribution < 1.29 is 10.2 Å². The third kappa shape index (κ3) is 5.34. The number of β-amino-alcohol motifs (C(OH)–C–C–N with tert-alkyl or cyclic N) is 1. The van der Waals surface area contributed by atoms with Gasteiger partial charge in [-0.1, -0.05) is 6.92 Å². The molecule has 0 bridgehead atoms. The van der Waals surface area contributed by atoms with Gasteiger partial charge in [0.15, 0.2) is 0 Å². The molecule has 17 heavy (non-hydrogen) atoms. The molecule has 2 N–H and O–H groups in total. The summed E-state index contributed by atoms with van der Waals surface area (Å²) in [6.45, 7) is 9.53. The van der Waals surface area contributed by atoms with Gasteiger partial charge >= 0.3 is 0 Å². The summed E-state index contributed by atoms with van der Waals surface area (Å²) in [7, 11) is 0. The predicted octanol–water partition coefficient (Wildman–Crippen LogP) is 0.536. The van der Waals surface area contributed by atoms with E-state index in [4.69, 9.17) is 5.11 Å². The summed E-state index contributed by atoms with van der Waals surface area (Å²) < 4.78 is 0. The Morgan fingerprint density at radius 3 is 2.65 bits per heavy atom. The first kappa shape index (κ1) is 14.9. The maximum absolute atomic E-state index is 9.47. The molecule has 4 nitrogen and oxygen atoms in total. The minimum absolute atomic E-state index is 0.231. The molecule has 0 amide bonds. The van der Waals surface area contributed by atoms with E-state index in [2.05, 4.69) is 16.7 Å². The van der Waals surface area contributed by atoms with Crippen molar-refractivity contribution in [2.24, 2.45) is 0 Å². The second-order valence-corrected chi connectivity index (χ2v) is 5.14. The molecule has 0 unspecified atom stereocenters. The summed E-state index contributed by atoms with van der Waals surface area (Å²) in [5.41, 5.74) is 0. The molecule has 4 heteroatoms. The molecular formula is C13H28N2O2. The Kier molecular flexibility index (Phi) is 7.04. The van der Waals surface area contributed by atoms with Gasteiger partial charge in [0, 0.05) is 38.8 Å². The van der Waals surface area contributed by atoms with Gasteiger partial charge in [-0.25, -0.2) is 0 Å². The molecule has 1 saturated heterocycles. The van der Waals surface area contributed by atoms with Gasteiger partial charge in [-0.05, 0) is 32.7 Å². The summed E-state index contributed by atoms with van der Waals surface area (Å²) in [4.78, 5) is 4.90. The number of hydrogen-bond donors (Lipinski definition) is 2. The zero-order chi connectivity index (χ0) is 12.7. The quantitative estimate of drug-likeness (QED) is 0.642. The highest BCUT2D eigenvalue weighted by Gasteiger charge is 2.25. The zero-order valence-electron chi connectivity index (χ0n) is 11.3. The predicted molar refractivity (Wildman–Crippen MR) is 70.1 cm³/mol. The Morgan fingerprint density at radius 1 is 1.29 bits per heavy atom. The maximum atomic E-state index is 9.47. The Labute approximate surface area is 105 Å². The number of aliphatic hydroxyl groups is 2. The fraction of sp³-hybridized carbons (Fsp3) is 1.00. The number of hydrogen-bond acceptors (Lipinski definition) is 4. The highest BCUT2D eigenvalue weighted by molar-refractivity contribution is 4.82. The van der Waals surface area contributed by atoms with Gasteiger partial charge in [0.2, 0.25) is 0 Å². The molecule has 1 rings (SSSR count). The first-order valence-corrected chi connectivity index (χ1v) is 6.92. The van der Waals surface area contributed by atoms with E-state index >= 15 is 0 Å². The van der Waals surface area contributed by atoms with Crippen LogP contribution >= 0.6 is 0 Å². The largest absolute Gasteiger partial charge is 0.396 e. The van der Waals surface area contributed by atoms with Crippen molar-refractivity contribution in [1.82, 2.24) is 9.80 Å². The van der Waals surface area contributed by atoms with Gasteiger partial charge in [0.1, 0.15) is 0 Å². The van der Waals surface area contributed by atoms with Gasteiger partial charge in [-0.3, -0.25) is 4.90 Å². The van der Waals surface area contributed by atoms with E-state index in [0.29, 0.717) is 12.6 Å². The summed E-state index contributed by atoms with van der Waals surface area (Å²) in [5, 5.41) is 18.3. The summed E-state index contributed by atoms with van der Waals surface area (Å²) >= 11 is 0. The molecule has 0 aromatic heterocycles. The zero-order valence-corrected chi connectivity index (χ0v) is 11.3. The highest BCUT2D eigenvalue weighted by atomic mass is 16.3. The van der Waals surface area contributed by atoms with Gasteiger partial charge in [0.25, 0.3) is 0 Å². The number of piperazine rings is 1. The van der Waals surface area contributed by atoms with E-state index in [1.165, 1.54) is 0 Å². The van der Waals surface area contributed by atoms with Crippen LogP contribution in [0.25, 0.3) is 0 Å². The molecule has 0 saturated carbocycles. The summed E-state index contributed by atoms with van der Waals surface area (Å²) in [5.74, 6) is 0. The highest BCUT2D eigenvalue weighted by Crippen LogP contribution is 2.13. The monoisotopic (exact) mass is 244 g/mol. The normalized spacial score (nSPS) is 25.1. The smallest absolute Gasteiger partial charge is 0.0639 e. The number of rotatable bonds is 7. The SMILES string of the molecule is CC[C@@H]1CN(CCCCO)CCN1C[C@@H](C)O. The van der Waals surface area contributed by atoms with Crippen molar-refractivity contribution in [2.45, 2.75) is 45.3 Å². The third-order valence-corrected chi connectivity index (χ3v) is 3.54. The van der Waals surface area contributed by atoms with Crippen LogP contribution in [0.4, 0.5) is 0 Å². The first-order valence-electron chi connectivity index (χ1n) is 6.92. The van der Waals surface area contributed by atoms with Crippen molar-refractivity contribution in [2.75, 3.05) is 39.3 Å². The standard InChI is InChI=1S/C13H28N2O2/c1-3-13-11-14(6-4-5-9-16)7-8-15(13)10-12(2)17/h12-13,16-17H,3-11H2,1-2H3/t12-,13-/m1/s1. The van der Waals surface area contributed by atoms with E-state index < -0.39 is 0 Å². The Bertz CT molecular complexity index is 200. The first-order chi connectivity index (χ1) is 8.17. The lowest BCUT2D eigenvalue weighted by molar-refractivity contribution is 0.0357. The van der Waals surface area contributed by atoms with Crippen LogP contribution in [-0.4, -0.2) is 71.5 Å². The van der Waals surface area contributed by atoms with Crippen LogP contribution in [0.2, 0.25) is 0 Å². The topological polar surface area (TPSA) is 46.9 Å². The number of nitrogens with zero attached hydrogens (tertiary/aromatic N) is 2. The Hall–Kier alpha value is -0.160. The summed E-state index contributed by atoms with van der Waals surface area (Å²) in [6.07, 6.45) is 2.90. The van der Waals surface area contributed by atoms with Gasteiger partial charge in [-0.15, -0.1) is 0 Å². The van der Waals surface area contributed by atoms with Crippen molar-refractivity contribution in [3.05, 3.63) is 0 Å². The van der Waals surface area contributed by atoms with E-state index in [9.17, 15) is 5.11 Å². The lowest BCUT2D eigenvalue weighted by Gasteiger charge is -2.41. The second kappa shape index (κ2) is 8.03. The molecule has 1 fully saturated rings. The number of unbranched alkanes of at least 4 members (excludes halogenated alkanes) is 1. The van der Waals surface area contributed by atoms with Crippen molar-refractivity contribution >= 4 is 0 Å². The fourth-order valence-electron chi connectivity index (χ4n) is 2.57. The third-order valence-electron chi connectivity index (χ3n) is 3.54. The van der Waals surface area contributed by atoms with Crippen LogP contribution < -0.4 is 0 Å². The Balaban J connectivity index is 2.32. The summed E-state index contributed by atoms with van der Waals surface area (Å²) in [6, 6.07) is 0.576. The van der Waals surface area contributed by atoms with E-state index in [1.807, 2.05) is 6.92 Å². The molecule has 1 heterocycles. The van der Waals surface area contributed by atoms with Crippen molar-refractivity contribution in [1.29, 1.82) is 0 Å². The van der Waals surface area contributed by atoms with Crippen LogP contribution in [0, 0.1) is 0 Å². The molecule has 0 aromatic rings. The molecule has 102 valence electrons. The van der Waals surface area contributed by atoms with Crippen LogP contribution in [0.15, 0.2) is 0 Å². The maximum Gasteiger partial charge on any atom is 0.0639 e. The number of aliphatic hydroxyl groups excluding tert-OH is 2. The average molecular weight is 244 g/mol. The molecule has 0 radical (unpaired) electrons. The minimum Gasteiger partial charge on any atom is -0.396 e. The minimum atomic E-state index is -0.231. The van der Waals surface area contributed by atoms with E-state index in [0.717, 1.165) is 52.0 Å². The lowest BCUT2D eigenvalue weighted by Crippen LogP contribution is -2.54. The van der Waals surface area contributed by atoms with Crippen molar-refractivity contribution in [3.8, 4) is 0 Å². The molecule has 0 aliphatic carbocycles. The Morgan fingerprint density at radius 2 is 2.06 bits per heavy atom. The van der Waals surface area contributed by atoms with Gasteiger partial charge in [-0.2, -0.15) is 0 Å². The molecule has 1 aliphatic rings. The van der Waals surface area contributed by atoms with E-state index in [-0.39, 0.29) is 6.10 Å². The fourth-order valence-corrected chi connectivity index (χ4v) is 2.57. The van der Waals surface area contributed by atoms with Crippen LogP contribution in [0.1, 0.15) is 33.1 Å². The molecule has 0 spiro atoms. The molecule has 2 atom stereocenters. The van der Waals surface area contributed by atoms with Crippen molar-refractivity contribution in [3.63, 3.8) is 0 Å². The van der Waals surface area contributed by atoms with E-state index in [1.54, 1.807) is 0 Å². The van der Waals surface area contributed by atoms with Crippen LogP contribution in [0.5, 0.6) is 0 Å². The molecular weight excluding hydrogens is 216 g/mol. The van der Waals surface area contributed by atoms with Crippen LogP contribution in [0.3, 0.4) is 0 Å². The molecule has 1 aliphatic heterocycles.